The number of benzene rings is 2. The van der Waals surface area contributed by atoms with E-state index in [4.69, 9.17) is 10.5 Å². The van der Waals surface area contributed by atoms with E-state index in [9.17, 15) is 14.4 Å². The molecule has 3 amide bonds. The maximum atomic E-state index is 13.7. The third kappa shape index (κ3) is 4.03. The van der Waals surface area contributed by atoms with Gasteiger partial charge in [-0.25, -0.2) is 4.68 Å². The summed E-state index contributed by atoms with van der Waals surface area (Å²) in [4.78, 5) is 41.7. The lowest BCUT2D eigenvalue weighted by Gasteiger charge is -2.31. The Bertz CT molecular complexity index is 1300. The number of nitrogens with zero attached hydrogens (tertiary/aromatic N) is 4. The van der Waals surface area contributed by atoms with E-state index >= 15 is 0 Å². The minimum absolute atomic E-state index is 0.108. The van der Waals surface area contributed by atoms with Crippen molar-refractivity contribution in [3.05, 3.63) is 65.5 Å². The zero-order valence-corrected chi connectivity index (χ0v) is 19.7. The molecule has 3 heterocycles. The van der Waals surface area contributed by atoms with Crippen LogP contribution in [0.15, 0.2) is 48.5 Å². The average Bonchev–Trinajstić information content (AvgIpc) is 3.26. The third-order valence-electron chi connectivity index (χ3n) is 6.71. The lowest BCUT2D eigenvalue weighted by Crippen LogP contribution is -2.39. The molecule has 0 radical (unpaired) electrons. The van der Waals surface area contributed by atoms with Crippen LogP contribution in [0.3, 0.4) is 0 Å². The number of hydrogen-bond donors (Lipinski definition) is 1. The molecule has 1 unspecified atom stereocenters. The number of anilines is 2. The van der Waals surface area contributed by atoms with Crippen LogP contribution in [0.25, 0.3) is 5.69 Å². The van der Waals surface area contributed by atoms with Gasteiger partial charge >= 0.3 is 0 Å². The van der Waals surface area contributed by atoms with Crippen LogP contribution in [-0.4, -0.2) is 47.7 Å². The van der Waals surface area contributed by atoms with E-state index in [-0.39, 0.29) is 17.5 Å². The maximum absolute atomic E-state index is 13.7. The van der Waals surface area contributed by atoms with Crippen LogP contribution in [0.1, 0.15) is 46.3 Å². The Hall–Kier alpha value is -4.14. The fraction of sp³-hybridized carbons (Fsp3) is 0.308. The summed E-state index contributed by atoms with van der Waals surface area (Å²) in [6, 6.07) is 14.5. The van der Waals surface area contributed by atoms with Gasteiger partial charge in [-0.15, -0.1) is 0 Å². The highest BCUT2D eigenvalue weighted by molar-refractivity contribution is 6.09. The van der Waals surface area contributed by atoms with Gasteiger partial charge in [0.2, 0.25) is 5.91 Å². The highest BCUT2D eigenvalue weighted by atomic mass is 16.5. The summed E-state index contributed by atoms with van der Waals surface area (Å²) in [5, 5.41) is 4.39. The van der Waals surface area contributed by atoms with Crippen molar-refractivity contribution in [2.75, 3.05) is 30.0 Å². The first-order valence-corrected chi connectivity index (χ1v) is 11.7. The molecule has 5 rings (SSSR count). The molecule has 0 spiro atoms. The quantitative estimate of drug-likeness (QED) is 0.613. The molecule has 0 aliphatic carbocycles. The Morgan fingerprint density at radius 3 is 2.20 bits per heavy atom. The van der Waals surface area contributed by atoms with Crippen LogP contribution in [-0.2, 0) is 11.2 Å². The number of piperidine rings is 1. The largest absolute Gasteiger partial charge is 0.497 e. The molecule has 180 valence electrons. The average molecular weight is 474 g/mol. The number of methoxy groups -OCH3 is 1. The van der Waals surface area contributed by atoms with Crippen molar-refractivity contribution in [1.82, 2.24) is 9.78 Å². The molecular weight excluding hydrogens is 446 g/mol. The molecule has 2 aliphatic heterocycles. The molecule has 1 saturated heterocycles. The van der Waals surface area contributed by atoms with Crippen molar-refractivity contribution in [1.29, 1.82) is 0 Å². The van der Waals surface area contributed by atoms with Gasteiger partial charge in [0.05, 0.1) is 12.8 Å². The highest BCUT2D eigenvalue weighted by Crippen LogP contribution is 2.31. The summed E-state index contributed by atoms with van der Waals surface area (Å²) >= 11 is 0. The molecule has 9 heteroatoms. The van der Waals surface area contributed by atoms with Gasteiger partial charge in [0.15, 0.2) is 5.69 Å². The molecule has 0 saturated carbocycles. The fourth-order valence-electron chi connectivity index (χ4n) is 4.78. The summed E-state index contributed by atoms with van der Waals surface area (Å²) in [5.74, 6) is 0.258. The second-order valence-electron chi connectivity index (χ2n) is 9.02. The second kappa shape index (κ2) is 8.90. The van der Waals surface area contributed by atoms with E-state index in [1.165, 1.54) is 4.68 Å². The number of rotatable bonds is 5. The molecule has 1 atom stereocenters. The summed E-state index contributed by atoms with van der Waals surface area (Å²) < 4.78 is 6.70. The number of ether oxygens (including phenoxy) is 1. The molecule has 1 aromatic heterocycles. The molecule has 3 aromatic rings. The summed E-state index contributed by atoms with van der Waals surface area (Å²) in [6.45, 7) is 3.18. The zero-order chi connectivity index (χ0) is 24.7. The number of carbonyl (C=O) groups excluding carboxylic acids is 3. The van der Waals surface area contributed by atoms with Crippen LogP contribution >= 0.6 is 0 Å². The van der Waals surface area contributed by atoms with E-state index in [0.717, 1.165) is 12.1 Å². The molecule has 9 nitrogen and oxygen atoms in total. The van der Waals surface area contributed by atoms with Gasteiger partial charge in [-0.05, 0) is 67.3 Å². The predicted molar refractivity (Wildman–Crippen MR) is 131 cm³/mol. The molecule has 35 heavy (non-hydrogen) atoms. The number of aromatic nitrogens is 2. The smallest absolute Gasteiger partial charge is 0.277 e. The summed E-state index contributed by atoms with van der Waals surface area (Å²) in [7, 11) is 1.57. The summed E-state index contributed by atoms with van der Waals surface area (Å²) in [6.07, 6.45) is 1.96. The van der Waals surface area contributed by atoms with E-state index in [1.54, 1.807) is 41.2 Å². The minimum atomic E-state index is -0.667. The molecule has 0 bridgehead atoms. The number of nitrogens with two attached hydrogens (primary N) is 1. The van der Waals surface area contributed by atoms with Crippen molar-refractivity contribution in [3.8, 4) is 11.4 Å². The van der Waals surface area contributed by atoms with Crippen molar-refractivity contribution < 1.29 is 19.1 Å². The molecule has 2 aliphatic rings. The number of fused-ring (bicyclic) bond motifs is 1. The topological polar surface area (TPSA) is 111 Å². The van der Waals surface area contributed by atoms with E-state index in [1.807, 2.05) is 24.3 Å². The van der Waals surface area contributed by atoms with Gasteiger partial charge in [-0.3, -0.25) is 14.4 Å². The van der Waals surface area contributed by atoms with Crippen LogP contribution in [0.5, 0.6) is 5.75 Å². The zero-order valence-electron chi connectivity index (χ0n) is 19.7. The maximum Gasteiger partial charge on any atom is 0.277 e. The van der Waals surface area contributed by atoms with E-state index < -0.39 is 5.91 Å². The number of primary amides is 1. The first-order valence-electron chi connectivity index (χ1n) is 11.7. The van der Waals surface area contributed by atoms with Crippen molar-refractivity contribution in [2.24, 2.45) is 11.7 Å². The van der Waals surface area contributed by atoms with Crippen LogP contribution in [0.4, 0.5) is 11.4 Å². The SMILES string of the molecule is COc1ccc(-n2nc(C(N)=O)c3c2C(=O)N(c2ccc(N4CCC(C)CC4=O)cc2)CC3)cc1. The third-order valence-corrected chi connectivity index (χ3v) is 6.71. The number of hydrogen-bond acceptors (Lipinski definition) is 5. The Morgan fingerprint density at radius 2 is 1.60 bits per heavy atom. The molecule has 2 N–H and O–H groups in total. The molecule has 2 aromatic carbocycles. The Balaban J connectivity index is 1.47. The Kier molecular flexibility index (Phi) is 5.76. The summed E-state index contributed by atoms with van der Waals surface area (Å²) in [5.41, 5.74) is 8.73. The van der Waals surface area contributed by atoms with E-state index in [0.29, 0.717) is 60.2 Å². The van der Waals surface area contributed by atoms with Gasteiger partial charge < -0.3 is 20.3 Å². The van der Waals surface area contributed by atoms with Crippen molar-refractivity contribution in [3.63, 3.8) is 0 Å². The molecule has 1 fully saturated rings. The number of carbonyl (C=O) groups is 3. The number of amides is 3. The lowest BCUT2D eigenvalue weighted by atomic mass is 9.98. The van der Waals surface area contributed by atoms with Crippen LogP contribution < -0.4 is 20.3 Å². The standard InChI is InChI=1S/C26H27N5O4/c1-16-11-13-29(22(32)15-16)17-3-5-18(6-4-17)30-14-12-21-23(25(27)33)28-31(24(21)26(30)34)19-7-9-20(35-2)10-8-19/h3-10,16H,11-15H2,1-2H3,(H2,27,33). The fourth-order valence-corrected chi connectivity index (χ4v) is 4.78. The van der Waals surface area contributed by atoms with Crippen molar-refractivity contribution in [2.45, 2.75) is 26.2 Å². The van der Waals surface area contributed by atoms with Gasteiger partial charge in [0, 0.05) is 36.4 Å². The van der Waals surface area contributed by atoms with Gasteiger partial charge in [0.1, 0.15) is 11.4 Å². The Labute approximate surface area is 203 Å². The van der Waals surface area contributed by atoms with Gasteiger partial charge in [0.25, 0.3) is 11.8 Å². The van der Waals surface area contributed by atoms with Gasteiger partial charge in [-0.1, -0.05) is 6.92 Å². The van der Waals surface area contributed by atoms with Crippen LogP contribution in [0.2, 0.25) is 0 Å². The van der Waals surface area contributed by atoms with Crippen LogP contribution in [0, 0.1) is 5.92 Å². The molecular formula is C26H27N5O4. The first-order chi connectivity index (χ1) is 16.9. The van der Waals surface area contributed by atoms with E-state index in [2.05, 4.69) is 12.0 Å². The van der Waals surface area contributed by atoms with Gasteiger partial charge in [-0.2, -0.15) is 5.10 Å². The highest BCUT2D eigenvalue weighted by Gasteiger charge is 2.34. The normalized spacial score (nSPS) is 17.9. The first kappa shape index (κ1) is 22.6. The second-order valence-corrected chi connectivity index (χ2v) is 9.02. The van der Waals surface area contributed by atoms with Crippen molar-refractivity contribution >= 4 is 29.1 Å². The minimum Gasteiger partial charge on any atom is -0.497 e. The predicted octanol–water partition coefficient (Wildman–Crippen LogP) is 2.95. The lowest BCUT2D eigenvalue weighted by molar-refractivity contribution is -0.120. The Morgan fingerprint density at radius 1 is 0.971 bits per heavy atom. The monoisotopic (exact) mass is 473 g/mol.